The summed E-state index contributed by atoms with van der Waals surface area (Å²) in [4.78, 5) is 29.5. The van der Waals surface area contributed by atoms with E-state index in [1.54, 1.807) is 54.6 Å². The fourth-order valence-electron chi connectivity index (χ4n) is 4.87. The molecule has 0 aromatic heterocycles. The number of halogens is 1. The van der Waals surface area contributed by atoms with E-state index >= 15 is 0 Å². The van der Waals surface area contributed by atoms with Crippen molar-refractivity contribution in [1.82, 2.24) is 10.2 Å². The van der Waals surface area contributed by atoms with Crippen LogP contribution >= 0.6 is 11.6 Å². The number of carbonyl (C=O) groups excluding carboxylic acids is 2. The average Bonchev–Trinajstić information content (AvgIpc) is 3.01. The highest BCUT2D eigenvalue weighted by molar-refractivity contribution is 7.92. The molecule has 43 heavy (non-hydrogen) atoms. The molecule has 1 atom stereocenters. The first kappa shape index (κ1) is 31.8. The molecule has 7 nitrogen and oxygen atoms in total. The summed E-state index contributed by atoms with van der Waals surface area (Å²) in [5.74, 6) is -0.833. The Morgan fingerprint density at radius 3 is 2.07 bits per heavy atom. The predicted molar refractivity (Wildman–Crippen MR) is 172 cm³/mol. The van der Waals surface area contributed by atoms with Crippen molar-refractivity contribution in [2.24, 2.45) is 0 Å². The molecule has 0 heterocycles. The van der Waals surface area contributed by atoms with Crippen LogP contribution in [0.2, 0.25) is 5.02 Å². The van der Waals surface area contributed by atoms with Gasteiger partial charge in [-0.2, -0.15) is 0 Å². The number of benzene rings is 4. The number of rotatable bonds is 12. The Balaban J connectivity index is 1.81. The van der Waals surface area contributed by atoms with Crippen molar-refractivity contribution < 1.29 is 18.0 Å². The molecular formula is C34H36ClN3O4S. The second kappa shape index (κ2) is 14.4. The molecule has 9 heteroatoms. The van der Waals surface area contributed by atoms with Crippen LogP contribution in [0.1, 0.15) is 29.2 Å². The summed E-state index contributed by atoms with van der Waals surface area (Å²) in [7, 11) is -4.15. The van der Waals surface area contributed by atoms with Crippen molar-refractivity contribution >= 4 is 39.1 Å². The molecule has 0 aliphatic heterocycles. The lowest BCUT2D eigenvalue weighted by atomic mass is 10.0. The first-order valence-electron chi connectivity index (χ1n) is 14.1. The Labute approximate surface area is 259 Å². The van der Waals surface area contributed by atoms with E-state index in [-0.39, 0.29) is 23.8 Å². The number of aryl methyl sites for hydroxylation is 1. The summed E-state index contributed by atoms with van der Waals surface area (Å²) in [6.45, 7) is 5.50. The minimum absolute atomic E-state index is 0.0671. The first-order chi connectivity index (χ1) is 20.6. The molecule has 1 N–H and O–H groups in total. The summed E-state index contributed by atoms with van der Waals surface area (Å²) in [6.07, 6.45) is 0.251. The molecule has 0 fully saturated rings. The molecule has 4 rings (SSSR count). The summed E-state index contributed by atoms with van der Waals surface area (Å²) in [5.41, 5.74) is 3.66. The van der Waals surface area contributed by atoms with Crippen LogP contribution in [0.5, 0.6) is 0 Å². The van der Waals surface area contributed by atoms with Gasteiger partial charge in [0.25, 0.3) is 10.0 Å². The van der Waals surface area contributed by atoms with E-state index < -0.39 is 28.5 Å². The molecule has 0 aliphatic rings. The minimum Gasteiger partial charge on any atom is -0.355 e. The Hall–Kier alpha value is -4.14. The van der Waals surface area contributed by atoms with Gasteiger partial charge in [0.05, 0.1) is 10.6 Å². The summed E-state index contributed by atoms with van der Waals surface area (Å²) < 4.78 is 29.4. The number of nitrogens with zero attached hydrogens (tertiary/aromatic N) is 2. The van der Waals surface area contributed by atoms with Crippen LogP contribution in [0.15, 0.2) is 108 Å². The normalized spacial score (nSPS) is 11.9. The fourth-order valence-corrected chi connectivity index (χ4v) is 6.49. The Kier molecular flexibility index (Phi) is 10.6. The van der Waals surface area contributed by atoms with Crippen molar-refractivity contribution in [3.63, 3.8) is 0 Å². The predicted octanol–water partition coefficient (Wildman–Crippen LogP) is 5.93. The van der Waals surface area contributed by atoms with Crippen LogP contribution in [0.3, 0.4) is 0 Å². The van der Waals surface area contributed by atoms with Gasteiger partial charge in [-0.25, -0.2) is 8.42 Å². The molecule has 0 unspecified atom stereocenters. The zero-order chi connectivity index (χ0) is 31.0. The number of carbonyl (C=O) groups is 2. The molecule has 4 aromatic rings. The second-order valence-electron chi connectivity index (χ2n) is 10.3. The van der Waals surface area contributed by atoms with Gasteiger partial charge in [-0.3, -0.25) is 13.9 Å². The van der Waals surface area contributed by atoms with Gasteiger partial charge in [-0.1, -0.05) is 84.4 Å². The number of hydrogen-bond acceptors (Lipinski definition) is 4. The lowest BCUT2D eigenvalue weighted by molar-refractivity contribution is -0.140. The standard InChI is InChI=1S/C34H36ClN3O4S/c1-4-36-34(40)32(22-27-13-7-5-8-14-27)37(23-28-18-20-29(35)21-19-28)33(39)24-38(31-17-11-12-25(2)26(31)3)43(41,42)30-15-9-6-10-16-30/h5-21,32H,4,22-24H2,1-3H3,(H,36,40)/t32-/m0/s1. The number of nitrogens with one attached hydrogen (secondary N) is 1. The third-order valence-corrected chi connectivity index (χ3v) is 9.37. The van der Waals surface area contributed by atoms with E-state index in [1.807, 2.05) is 57.2 Å². The largest absolute Gasteiger partial charge is 0.355 e. The lowest BCUT2D eigenvalue weighted by Gasteiger charge is -2.34. The minimum atomic E-state index is -4.15. The average molecular weight is 618 g/mol. The van der Waals surface area contributed by atoms with Crippen molar-refractivity contribution in [3.05, 3.63) is 130 Å². The number of anilines is 1. The maximum atomic E-state index is 14.4. The maximum Gasteiger partial charge on any atom is 0.264 e. The van der Waals surface area contributed by atoms with Crippen LogP contribution < -0.4 is 9.62 Å². The monoisotopic (exact) mass is 617 g/mol. The van der Waals surface area contributed by atoms with Crippen molar-refractivity contribution in [3.8, 4) is 0 Å². The number of amides is 2. The van der Waals surface area contributed by atoms with Crippen molar-refractivity contribution in [2.45, 2.75) is 44.7 Å². The molecule has 2 amide bonds. The van der Waals surface area contributed by atoms with E-state index in [2.05, 4.69) is 5.32 Å². The molecule has 0 spiro atoms. The molecule has 4 aromatic carbocycles. The molecule has 0 radical (unpaired) electrons. The number of hydrogen-bond donors (Lipinski definition) is 1. The Bertz CT molecular complexity index is 1650. The highest BCUT2D eigenvalue weighted by Gasteiger charge is 2.35. The maximum absolute atomic E-state index is 14.4. The van der Waals surface area contributed by atoms with Crippen LogP contribution in [-0.2, 0) is 32.6 Å². The highest BCUT2D eigenvalue weighted by Crippen LogP contribution is 2.29. The van der Waals surface area contributed by atoms with E-state index in [0.29, 0.717) is 17.3 Å². The Morgan fingerprint density at radius 2 is 1.44 bits per heavy atom. The van der Waals surface area contributed by atoms with Crippen LogP contribution in [0, 0.1) is 13.8 Å². The number of sulfonamides is 1. The first-order valence-corrected chi connectivity index (χ1v) is 15.9. The lowest BCUT2D eigenvalue weighted by Crippen LogP contribution is -2.53. The van der Waals surface area contributed by atoms with Gasteiger partial charge in [0, 0.05) is 24.5 Å². The highest BCUT2D eigenvalue weighted by atomic mass is 35.5. The van der Waals surface area contributed by atoms with Gasteiger partial charge in [-0.15, -0.1) is 0 Å². The molecule has 0 bridgehead atoms. The van der Waals surface area contributed by atoms with Gasteiger partial charge < -0.3 is 10.2 Å². The molecule has 0 aliphatic carbocycles. The summed E-state index contributed by atoms with van der Waals surface area (Å²) >= 11 is 6.13. The third-order valence-electron chi connectivity index (χ3n) is 7.34. The van der Waals surface area contributed by atoms with Gasteiger partial charge in [0.1, 0.15) is 12.6 Å². The van der Waals surface area contributed by atoms with Gasteiger partial charge in [0.15, 0.2) is 0 Å². The van der Waals surface area contributed by atoms with Gasteiger partial charge >= 0.3 is 0 Å². The molecular weight excluding hydrogens is 582 g/mol. The number of likely N-dealkylation sites (N-methyl/N-ethyl adjacent to an activating group) is 1. The zero-order valence-corrected chi connectivity index (χ0v) is 26.1. The van der Waals surface area contributed by atoms with E-state index in [9.17, 15) is 18.0 Å². The second-order valence-corrected chi connectivity index (χ2v) is 12.6. The van der Waals surface area contributed by atoms with Crippen LogP contribution in [-0.4, -0.2) is 44.3 Å². The zero-order valence-electron chi connectivity index (χ0n) is 24.5. The van der Waals surface area contributed by atoms with Crippen molar-refractivity contribution in [2.75, 3.05) is 17.4 Å². The van der Waals surface area contributed by atoms with Crippen molar-refractivity contribution in [1.29, 1.82) is 0 Å². The summed E-state index contributed by atoms with van der Waals surface area (Å²) in [6, 6.07) is 29.0. The molecule has 0 saturated carbocycles. The summed E-state index contributed by atoms with van der Waals surface area (Å²) in [5, 5.41) is 3.41. The third kappa shape index (κ3) is 7.83. The van der Waals surface area contributed by atoms with Gasteiger partial charge in [-0.05, 0) is 73.4 Å². The van der Waals surface area contributed by atoms with E-state index in [1.165, 1.54) is 17.0 Å². The SMILES string of the molecule is CCNC(=O)[C@H](Cc1ccccc1)N(Cc1ccc(Cl)cc1)C(=O)CN(c1cccc(C)c1C)S(=O)(=O)c1ccccc1. The van der Waals surface area contributed by atoms with E-state index in [4.69, 9.17) is 11.6 Å². The van der Waals surface area contributed by atoms with E-state index in [0.717, 1.165) is 26.6 Å². The quantitative estimate of drug-likeness (QED) is 0.214. The molecule has 0 saturated heterocycles. The smallest absolute Gasteiger partial charge is 0.264 e. The molecule has 224 valence electrons. The van der Waals surface area contributed by atoms with Crippen LogP contribution in [0.25, 0.3) is 0 Å². The van der Waals surface area contributed by atoms with Gasteiger partial charge in [0.2, 0.25) is 11.8 Å². The van der Waals surface area contributed by atoms with Crippen LogP contribution in [0.4, 0.5) is 5.69 Å². The fraction of sp³-hybridized carbons (Fsp3) is 0.235. The Morgan fingerprint density at radius 1 is 0.814 bits per heavy atom. The topological polar surface area (TPSA) is 86.8 Å².